The summed E-state index contributed by atoms with van der Waals surface area (Å²) in [6, 6.07) is 14.9. The molecule has 9 nitrogen and oxygen atoms in total. The first kappa shape index (κ1) is 20.5. The largest absolute Gasteiger partial charge is 0.496 e. The minimum atomic E-state index is -0.594. The van der Waals surface area contributed by atoms with Gasteiger partial charge < -0.3 is 9.47 Å². The highest BCUT2D eigenvalue weighted by Crippen LogP contribution is 2.33. The number of fused-ring (bicyclic) bond motifs is 1. The molecule has 0 aliphatic heterocycles. The molecule has 0 saturated heterocycles. The van der Waals surface area contributed by atoms with Gasteiger partial charge in [-0.15, -0.1) is 10.2 Å². The molecule has 2 aromatic carbocycles. The Kier molecular flexibility index (Phi) is 5.41. The van der Waals surface area contributed by atoms with Crippen molar-refractivity contribution in [2.24, 2.45) is 5.41 Å². The van der Waals surface area contributed by atoms with Crippen LogP contribution in [0.15, 0.2) is 54.7 Å². The number of carbonyl (C=O) groups is 1. The molecule has 31 heavy (non-hydrogen) atoms. The van der Waals surface area contributed by atoms with Crippen LogP contribution in [0.4, 0.5) is 0 Å². The third-order valence-electron chi connectivity index (χ3n) is 4.83. The van der Waals surface area contributed by atoms with Crippen molar-refractivity contribution < 1.29 is 14.3 Å². The number of methoxy groups -OCH3 is 1. The molecule has 0 bridgehead atoms. The number of hydrogen-bond acceptors (Lipinski definition) is 7. The fourth-order valence-electron chi connectivity index (χ4n) is 3.23. The van der Waals surface area contributed by atoms with Crippen molar-refractivity contribution in [3.05, 3.63) is 66.0 Å². The number of hydrogen-bond donors (Lipinski definition) is 0. The Morgan fingerprint density at radius 2 is 1.77 bits per heavy atom. The Morgan fingerprint density at radius 1 is 1.03 bits per heavy atom. The summed E-state index contributed by atoms with van der Waals surface area (Å²) >= 11 is 0. The van der Waals surface area contributed by atoms with Crippen molar-refractivity contribution >= 4 is 17.0 Å². The SMILES string of the molecule is COc1ccccc1[C@H](c1cn(COC(=O)C(C)(C)C)nn1)n1nnc2ccccc21. The fraction of sp³-hybridized carbons (Fsp3) is 0.318. The predicted octanol–water partition coefficient (Wildman–Crippen LogP) is 3.22. The normalized spacial score (nSPS) is 12.6. The van der Waals surface area contributed by atoms with Gasteiger partial charge in [-0.1, -0.05) is 40.8 Å². The molecule has 0 radical (unpaired) electrons. The number of carbonyl (C=O) groups excluding carboxylic acids is 1. The maximum atomic E-state index is 12.1. The van der Waals surface area contributed by atoms with E-state index in [1.165, 1.54) is 4.68 Å². The Morgan fingerprint density at radius 3 is 2.55 bits per heavy atom. The average Bonchev–Trinajstić information content (AvgIpc) is 3.40. The third kappa shape index (κ3) is 4.11. The molecular weight excluding hydrogens is 396 g/mol. The van der Waals surface area contributed by atoms with Gasteiger partial charge in [-0.2, -0.15) is 0 Å². The molecular formula is C22H24N6O3. The van der Waals surface area contributed by atoms with E-state index < -0.39 is 11.5 Å². The molecule has 2 aromatic heterocycles. The fourth-order valence-corrected chi connectivity index (χ4v) is 3.23. The molecule has 0 aliphatic rings. The minimum absolute atomic E-state index is 0.0279. The predicted molar refractivity (Wildman–Crippen MR) is 113 cm³/mol. The first-order valence-electron chi connectivity index (χ1n) is 9.88. The summed E-state index contributed by atoms with van der Waals surface area (Å²) in [5, 5.41) is 17.2. The lowest BCUT2D eigenvalue weighted by Crippen LogP contribution is -2.24. The molecule has 0 N–H and O–H groups in total. The summed E-state index contributed by atoms with van der Waals surface area (Å²) in [6.45, 7) is 5.38. The lowest BCUT2D eigenvalue weighted by atomic mass is 9.98. The maximum Gasteiger partial charge on any atom is 0.313 e. The standard InChI is InChI=1S/C22H24N6O3/c1-22(2,3)21(29)31-14-27-13-17(24-25-27)20(15-9-5-8-12-19(15)30-4)28-18-11-7-6-10-16(18)23-26-28/h5-13,20H,14H2,1-4H3/t20-/m1/s1. The van der Waals surface area contributed by atoms with Gasteiger partial charge in [-0.3, -0.25) is 4.79 Å². The Balaban J connectivity index is 1.74. The molecule has 0 spiro atoms. The molecule has 4 rings (SSSR count). The van der Waals surface area contributed by atoms with Gasteiger partial charge in [-0.25, -0.2) is 9.36 Å². The van der Waals surface area contributed by atoms with Crippen molar-refractivity contribution in [2.45, 2.75) is 33.5 Å². The zero-order valence-electron chi connectivity index (χ0n) is 17.9. The Hall–Kier alpha value is -3.75. The first-order chi connectivity index (χ1) is 14.9. The van der Waals surface area contributed by atoms with E-state index in [4.69, 9.17) is 9.47 Å². The van der Waals surface area contributed by atoms with Crippen LogP contribution in [0.5, 0.6) is 5.75 Å². The molecule has 0 fully saturated rings. The van der Waals surface area contributed by atoms with Crippen molar-refractivity contribution in [3.8, 4) is 5.75 Å². The maximum absolute atomic E-state index is 12.1. The van der Waals surface area contributed by atoms with Crippen molar-refractivity contribution in [2.75, 3.05) is 7.11 Å². The van der Waals surface area contributed by atoms with E-state index in [1.807, 2.05) is 48.5 Å². The molecule has 4 aromatic rings. The Bertz CT molecular complexity index is 1210. The first-order valence-corrected chi connectivity index (χ1v) is 9.88. The average molecular weight is 420 g/mol. The summed E-state index contributed by atoms with van der Waals surface area (Å²) in [4.78, 5) is 12.1. The minimum Gasteiger partial charge on any atom is -0.496 e. The number of benzene rings is 2. The lowest BCUT2D eigenvalue weighted by Gasteiger charge is -2.18. The summed E-state index contributed by atoms with van der Waals surface area (Å²) in [5.74, 6) is 0.383. The van der Waals surface area contributed by atoms with Crippen LogP contribution in [-0.2, 0) is 16.3 Å². The smallest absolute Gasteiger partial charge is 0.313 e. The van der Waals surface area contributed by atoms with Gasteiger partial charge >= 0.3 is 5.97 Å². The van der Waals surface area contributed by atoms with Gasteiger partial charge in [0.15, 0.2) is 6.73 Å². The quantitative estimate of drug-likeness (QED) is 0.442. The summed E-state index contributed by atoms with van der Waals surface area (Å²) in [5.41, 5.74) is 2.51. The van der Waals surface area contributed by atoms with Gasteiger partial charge in [0.1, 0.15) is 23.0 Å². The second-order valence-corrected chi connectivity index (χ2v) is 8.16. The van der Waals surface area contributed by atoms with Crippen LogP contribution in [0.25, 0.3) is 11.0 Å². The van der Waals surface area contributed by atoms with Crippen molar-refractivity contribution in [1.29, 1.82) is 0 Å². The van der Waals surface area contributed by atoms with E-state index in [0.717, 1.165) is 16.6 Å². The van der Waals surface area contributed by atoms with Crippen LogP contribution >= 0.6 is 0 Å². The van der Waals surface area contributed by atoms with E-state index in [2.05, 4.69) is 20.6 Å². The van der Waals surface area contributed by atoms with Crippen molar-refractivity contribution in [3.63, 3.8) is 0 Å². The number of ether oxygens (including phenoxy) is 2. The number of para-hydroxylation sites is 2. The topological polar surface area (TPSA) is 97.0 Å². The van der Waals surface area contributed by atoms with Crippen LogP contribution in [0.1, 0.15) is 38.1 Å². The molecule has 0 amide bonds. The molecule has 0 aliphatic carbocycles. The van der Waals surface area contributed by atoms with E-state index in [1.54, 1.807) is 38.8 Å². The number of nitrogens with zero attached hydrogens (tertiary/aromatic N) is 6. The molecule has 0 saturated carbocycles. The zero-order valence-corrected chi connectivity index (χ0v) is 17.9. The molecule has 9 heteroatoms. The molecule has 0 unspecified atom stereocenters. The van der Waals surface area contributed by atoms with Gasteiger partial charge in [-0.05, 0) is 39.0 Å². The highest BCUT2D eigenvalue weighted by Gasteiger charge is 2.27. The highest BCUT2D eigenvalue weighted by atomic mass is 16.5. The molecule has 2 heterocycles. The van der Waals surface area contributed by atoms with Gasteiger partial charge in [0.05, 0.1) is 24.2 Å². The second-order valence-electron chi connectivity index (χ2n) is 8.16. The van der Waals surface area contributed by atoms with Gasteiger partial charge in [0, 0.05) is 5.56 Å². The lowest BCUT2D eigenvalue weighted by molar-refractivity contribution is -0.157. The van der Waals surface area contributed by atoms with Crippen LogP contribution < -0.4 is 4.74 Å². The monoisotopic (exact) mass is 420 g/mol. The van der Waals surface area contributed by atoms with Crippen LogP contribution in [0, 0.1) is 5.41 Å². The number of rotatable bonds is 6. The van der Waals surface area contributed by atoms with Crippen LogP contribution in [0.2, 0.25) is 0 Å². The van der Waals surface area contributed by atoms with Gasteiger partial charge in [0.2, 0.25) is 0 Å². The van der Waals surface area contributed by atoms with E-state index in [0.29, 0.717) is 11.4 Å². The Labute approximate surface area is 179 Å². The number of aromatic nitrogens is 6. The molecule has 160 valence electrons. The van der Waals surface area contributed by atoms with Crippen LogP contribution in [0.3, 0.4) is 0 Å². The molecule has 1 atom stereocenters. The summed E-state index contributed by atoms with van der Waals surface area (Å²) < 4.78 is 14.2. The van der Waals surface area contributed by atoms with Crippen LogP contribution in [-0.4, -0.2) is 43.1 Å². The summed E-state index contributed by atoms with van der Waals surface area (Å²) in [6.07, 6.45) is 1.74. The van der Waals surface area contributed by atoms with Crippen molar-refractivity contribution in [1.82, 2.24) is 30.0 Å². The zero-order chi connectivity index (χ0) is 22.0. The highest BCUT2D eigenvalue weighted by molar-refractivity contribution is 5.75. The van der Waals surface area contributed by atoms with E-state index >= 15 is 0 Å². The van der Waals surface area contributed by atoms with Gasteiger partial charge in [0.25, 0.3) is 0 Å². The van der Waals surface area contributed by atoms with E-state index in [-0.39, 0.29) is 12.7 Å². The second kappa shape index (κ2) is 8.17. The third-order valence-corrected chi connectivity index (χ3v) is 4.83. The van der Waals surface area contributed by atoms with E-state index in [9.17, 15) is 4.79 Å². The summed E-state index contributed by atoms with van der Waals surface area (Å²) in [7, 11) is 1.62. The number of esters is 1.